The Balaban J connectivity index is 1.90. The Bertz CT molecular complexity index is 663. The maximum Gasteiger partial charge on any atom is 0.281 e. The second-order valence-electron chi connectivity index (χ2n) is 6.38. The molecule has 1 amide bonds. The van der Waals surface area contributed by atoms with E-state index in [1.54, 1.807) is 12.1 Å². The summed E-state index contributed by atoms with van der Waals surface area (Å²) in [5.41, 5.74) is 1.65. The van der Waals surface area contributed by atoms with E-state index in [0.717, 1.165) is 5.69 Å². The van der Waals surface area contributed by atoms with Crippen molar-refractivity contribution in [2.45, 2.75) is 18.9 Å². The highest BCUT2D eigenvalue weighted by molar-refractivity contribution is 7.86. The van der Waals surface area contributed by atoms with Gasteiger partial charge in [-0.3, -0.25) is 4.79 Å². The maximum absolute atomic E-state index is 12.3. The van der Waals surface area contributed by atoms with Crippen molar-refractivity contribution in [1.82, 2.24) is 13.9 Å². The van der Waals surface area contributed by atoms with Gasteiger partial charge in [0.05, 0.1) is 0 Å². The molecular weight excluding hydrogens is 328 g/mol. The molecule has 0 aromatic heterocycles. The molecular formula is C16H26N4O3S. The summed E-state index contributed by atoms with van der Waals surface area (Å²) < 4.78 is 26.8. The summed E-state index contributed by atoms with van der Waals surface area (Å²) in [6.07, 6.45) is 1.24. The van der Waals surface area contributed by atoms with Gasteiger partial charge in [-0.25, -0.2) is 0 Å². The van der Waals surface area contributed by atoms with Crippen LogP contribution in [0.2, 0.25) is 0 Å². The Morgan fingerprint density at radius 1 is 1.08 bits per heavy atom. The Labute approximate surface area is 144 Å². The van der Waals surface area contributed by atoms with E-state index in [-0.39, 0.29) is 11.9 Å². The van der Waals surface area contributed by atoms with Gasteiger partial charge in [-0.05, 0) is 37.1 Å². The largest absolute Gasteiger partial charge is 0.378 e. The number of benzene rings is 1. The topological polar surface area (TPSA) is 73.0 Å². The summed E-state index contributed by atoms with van der Waals surface area (Å²) in [6.45, 7) is 0.843. The fourth-order valence-electron chi connectivity index (χ4n) is 2.64. The number of carbonyl (C=O) groups is 1. The van der Waals surface area contributed by atoms with Crippen LogP contribution in [0.3, 0.4) is 0 Å². The summed E-state index contributed by atoms with van der Waals surface area (Å²) in [6, 6.07) is 7.41. The molecule has 0 aliphatic carbocycles. The van der Waals surface area contributed by atoms with Gasteiger partial charge < -0.3 is 10.2 Å². The van der Waals surface area contributed by atoms with Crippen LogP contribution in [0.25, 0.3) is 0 Å². The summed E-state index contributed by atoms with van der Waals surface area (Å²) in [5.74, 6) is -0.116. The van der Waals surface area contributed by atoms with Gasteiger partial charge >= 0.3 is 0 Å². The first-order valence-corrected chi connectivity index (χ1v) is 9.37. The van der Waals surface area contributed by atoms with Crippen LogP contribution in [0.15, 0.2) is 24.3 Å². The first-order valence-electron chi connectivity index (χ1n) is 7.97. The van der Waals surface area contributed by atoms with Crippen molar-refractivity contribution in [2.75, 3.05) is 46.2 Å². The summed E-state index contributed by atoms with van der Waals surface area (Å²) in [4.78, 5) is 14.3. The number of amides is 1. The van der Waals surface area contributed by atoms with E-state index in [4.69, 9.17) is 0 Å². The smallest absolute Gasteiger partial charge is 0.281 e. The second kappa shape index (κ2) is 7.50. The molecule has 1 aliphatic rings. The van der Waals surface area contributed by atoms with Gasteiger partial charge in [0.1, 0.15) is 0 Å². The molecule has 1 aliphatic heterocycles. The Kier molecular flexibility index (Phi) is 5.84. The highest BCUT2D eigenvalue weighted by Crippen LogP contribution is 2.17. The second-order valence-corrected chi connectivity index (χ2v) is 8.52. The fraction of sp³-hybridized carbons (Fsp3) is 0.562. The molecule has 1 heterocycles. The minimum atomic E-state index is -3.37. The quantitative estimate of drug-likeness (QED) is 0.847. The first-order chi connectivity index (χ1) is 11.2. The first kappa shape index (κ1) is 18.7. The summed E-state index contributed by atoms with van der Waals surface area (Å²) in [7, 11) is 3.59. The molecule has 0 bridgehead atoms. The van der Waals surface area contributed by atoms with E-state index < -0.39 is 10.2 Å². The molecule has 1 aromatic rings. The number of hydrogen-bond donors (Lipinski definition) is 1. The molecule has 134 valence electrons. The Morgan fingerprint density at radius 2 is 1.62 bits per heavy atom. The molecule has 2 rings (SSSR count). The van der Waals surface area contributed by atoms with Crippen molar-refractivity contribution in [3.8, 4) is 0 Å². The van der Waals surface area contributed by atoms with E-state index in [1.165, 1.54) is 22.7 Å². The molecule has 1 N–H and O–H groups in total. The molecule has 0 atom stereocenters. The molecule has 0 spiro atoms. The molecule has 7 nitrogen and oxygen atoms in total. The number of nitrogens with zero attached hydrogens (tertiary/aromatic N) is 3. The fourth-order valence-corrected chi connectivity index (χ4v) is 3.78. The van der Waals surface area contributed by atoms with Gasteiger partial charge in [-0.2, -0.15) is 17.0 Å². The highest BCUT2D eigenvalue weighted by Gasteiger charge is 2.30. The van der Waals surface area contributed by atoms with E-state index in [9.17, 15) is 13.2 Å². The monoisotopic (exact) mass is 354 g/mol. The van der Waals surface area contributed by atoms with Crippen LogP contribution in [0.4, 0.5) is 5.69 Å². The minimum absolute atomic E-state index is 0.000336. The molecule has 1 aromatic carbocycles. The third-order valence-corrected chi connectivity index (χ3v) is 6.16. The van der Waals surface area contributed by atoms with Crippen molar-refractivity contribution >= 4 is 21.8 Å². The number of hydrogen-bond acceptors (Lipinski definition) is 4. The lowest BCUT2D eigenvalue weighted by Gasteiger charge is -2.33. The van der Waals surface area contributed by atoms with Gasteiger partial charge in [-0.15, -0.1) is 0 Å². The average molecular weight is 354 g/mol. The zero-order valence-corrected chi connectivity index (χ0v) is 15.5. The SMILES string of the molecule is CN(C)c1ccc(C(=O)NC2CCN(S(=O)(=O)N(C)C)CC2)cc1. The zero-order chi connectivity index (χ0) is 17.9. The normalized spacial score (nSPS) is 17.0. The van der Waals surface area contributed by atoms with Crippen LogP contribution in [-0.2, 0) is 10.2 Å². The molecule has 0 saturated carbocycles. The van der Waals surface area contributed by atoms with Crippen molar-refractivity contribution in [3.05, 3.63) is 29.8 Å². The summed E-state index contributed by atoms with van der Waals surface area (Å²) >= 11 is 0. The van der Waals surface area contributed by atoms with E-state index in [1.807, 2.05) is 31.1 Å². The average Bonchev–Trinajstić information content (AvgIpc) is 2.55. The van der Waals surface area contributed by atoms with Gasteiger partial charge in [0.15, 0.2) is 0 Å². The predicted octanol–water partition coefficient (Wildman–Crippen LogP) is 0.753. The summed E-state index contributed by atoms with van der Waals surface area (Å²) in [5, 5.41) is 3.00. The molecule has 1 saturated heterocycles. The van der Waals surface area contributed by atoms with Crippen LogP contribution in [0, 0.1) is 0 Å². The lowest BCUT2D eigenvalue weighted by molar-refractivity contribution is 0.0923. The van der Waals surface area contributed by atoms with E-state index in [0.29, 0.717) is 31.5 Å². The van der Waals surface area contributed by atoms with Crippen LogP contribution < -0.4 is 10.2 Å². The van der Waals surface area contributed by atoms with Crippen molar-refractivity contribution in [1.29, 1.82) is 0 Å². The Hall–Kier alpha value is -1.64. The van der Waals surface area contributed by atoms with Gasteiger partial charge in [0.25, 0.3) is 16.1 Å². The van der Waals surface area contributed by atoms with E-state index in [2.05, 4.69) is 5.32 Å². The van der Waals surface area contributed by atoms with Crippen LogP contribution in [-0.4, -0.2) is 70.3 Å². The van der Waals surface area contributed by atoms with Crippen molar-refractivity contribution in [3.63, 3.8) is 0 Å². The number of piperidine rings is 1. The van der Waals surface area contributed by atoms with Gasteiger partial charge in [0, 0.05) is 58.6 Å². The third kappa shape index (κ3) is 4.25. The minimum Gasteiger partial charge on any atom is -0.378 e. The number of rotatable bonds is 5. The lowest BCUT2D eigenvalue weighted by atomic mass is 10.1. The highest BCUT2D eigenvalue weighted by atomic mass is 32.2. The molecule has 0 radical (unpaired) electrons. The van der Waals surface area contributed by atoms with Gasteiger partial charge in [0.2, 0.25) is 0 Å². The third-order valence-electron chi connectivity index (χ3n) is 4.22. The maximum atomic E-state index is 12.3. The van der Waals surface area contributed by atoms with Crippen LogP contribution in [0.1, 0.15) is 23.2 Å². The number of nitrogens with one attached hydrogen (secondary N) is 1. The predicted molar refractivity (Wildman–Crippen MR) is 95.4 cm³/mol. The molecule has 8 heteroatoms. The Morgan fingerprint density at radius 3 is 2.08 bits per heavy atom. The number of anilines is 1. The van der Waals surface area contributed by atoms with Crippen LogP contribution in [0.5, 0.6) is 0 Å². The van der Waals surface area contributed by atoms with Crippen LogP contribution >= 0.6 is 0 Å². The lowest BCUT2D eigenvalue weighted by Crippen LogP contribution is -2.49. The van der Waals surface area contributed by atoms with E-state index >= 15 is 0 Å². The zero-order valence-electron chi connectivity index (χ0n) is 14.7. The van der Waals surface area contributed by atoms with Gasteiger partial charge in [-0.1, -0.05) is 0 Å². The number of carbonyl (C=O) groups excluding carboxylic acids is 1. The van der Waals surface area contributed by atoms with Crippen molar-refractivity contribution in [2.24, 2.45) is 0 Å². The standard InChI is InChI=1S/C16H26N4O3S/c1-18(2)15-7-5-13(6-8-15)16(21)17-14-9-11-20(12-10-14)24(22,23)19(3)4/h5-8,14H,9-12H2,1-4H3,(H,17,21). The van der Waals surface area contributed by atoms with Crippen molar-refractivity contribution < 1.29 is 13.2 Å². The molecule has 24 heavy (non-hydrogen) atoms. The molecule has 1 fully saturated rings. The molecule has 0 unspecified atom stereocenters.